The molecule has 1 atom stereocenters. The maximum Gasteiger partial charge on any atom is 0.322 e. The molecular formula is C29H35N5O4. The Morgan fingerprint density at radius 2 is 1.92 bits per heavy atom. The molecule has 9 nitrogen and oxygen atoms in total. The number of anilines is 3. The van der Waals surface area contributed by atoms with Crippen molar-refractivity contribution in [3.05, 3.63) is 47.7 Å². The molecule has 3 aliphatic heterocycles. The Hall–Kier alpha value is -3.46. The third kappa shape index (κ3) is 4.42. The number of urea groups is 1. The summed E-state index contributed by atoms with van der Waals surface area (Å²) in [6.07, 6.45) is 7.57. The monoisotopic (exact) mass is 517 g/mol. The van der Waals surface area contributed by atoms with Gasteiger partial charge in [-0.1, -0.05) is 38.0 Å². The van der Waals surface area contributed by atoms with Gasteiger partial charge in [-0.15, -0.1) is 0 Å². The molecule has 0 bridgehead atoms. The topological polar surface area (TPSA) is 113 Å². The summed E-state index contributed by atoms with van der Waals surface area (Å²) in [4.78, 5) is 46.2. The van der Waals surface area contributed by atoms with Crippen LogP contribution < -0.4 is 20.9 Å². The van der Waals surface area contributed by atoms with Crippen molar-refractivity contribution >= 4 is 35.0 Å². The van der Waals surface area contributed by atoms with Crippen molar-refractivity contribution in [2.45, 2.75) is 63.3 Å². The molecule has 6 rings (SSSR count). The summed E-state index contributed by atoms with van der Waals surface area (Å²) in [5.41, 5.74) is 2.98. The molecule has 9 heteroatoms. The number of amides is 4. The van der Waals surface area contributed by atoms with Gasteiger partial charge < -0.3 is 20.7 Å². The Morgan fingerprint density at radius 1 is 1.16 bits per heavy atom. The van der Waals surface area contributed by atoms with Crippen LogP contribution >= 0.6 is 0 Å². The number of para-hydroxylation sites is 1. The molecule has 1 spiro atoms. The first kappa shape index (κ1) is 24.9. The highest BCUT2D eigenvalue weighted by Crippen LogP contribution is 2.44. The molecule has 4 heterocycles. The van der Waals surface area contributed by atoms with Crippen LogP contribution in [0.2, 0.25) is 0 Å². The largest absolute Gasteiger partial charge is 0.381 e. The van der Waals surface area contributed by atoms with Gasteiger partial charge in [0.1, 0.15) is 11.9 Å². The molecule has 1 aliphatic carbocycles. The fraction of sp³-hybridized carbons (Fsp3) is 0.517. The molecule has 4 amide bonds. The maximum atomic E-state index is 13.7. The first-order valence-corrected chi connectivity index (χ1v) is 13.8. The summed E-state index contributed by atoms with van der Waals surface area (Å²) in [5, 5.41) is 9.00. The highest BCUT2D eigenvalue weighted by molar-refractivity contribution is 6.07. The predicted molar refractivity (Wildman–Crippen MR) is 144 cm³/mol. The van der Waals surface area contributed by atoms with Crippen molar-refractivity contribution in [2.75, 3.05) is 35.3 Å². The number of ether oxygens (including phenoxy) is 1. The number of hydrogen-bond donors (Lipinski definition) is 3. The highest BCUT2D eigenvalue weighted by Gasteiger charge is 2.48. The number of carbonyl (C=O) groups excluding carboxylic acids is 3. The van der Waals surface area contributed by atoms with Gasteiger partial charge in [0, 0.05) is 43.3 Å². The Kier molecular flexibility index (Phi) is 6.55. The lowest BCUT2D eigenvalue weighted by atomic mass is 9.76. The van der Waals surface area contributed by atoms with Crippen molar-refractivity contribution in [3.63, 3.8) is 0 Å². The quantitative estimate of drug-likeness (QED) is 0.568. The second-order valence-corrected chi connectivity index (χ2v) is 11.2. The van der Waals surface area contributed by atoms with Crippen LogP contribution in [-0.4, -0.2) is 48.6 Å². The Morgan fingerprint density at radius 3 is 2.71 bits per heavy atom. The van der Waals surface area contributed by atoms with E-state index in [9.17, 15) is 14.4 Å². The summed E-state index contributed by atoms with van der Waals surface area (Å²) in [7, 11) is 0. The van der Waals surface area contributed by atoms with Crippen LogP contribution in [0.3, 0.4) is 0 Å². The van der Waals surface area contributed by atoms with E-state index in [0.29, 0.717) is 50.0 Å². The van der Waals surface area contributed by atoms with E-state index < -0.39 is 11.5 Å². The van der Waals surface area contributed by atoms with Crippen LogP contribution in [0.4, 0.5) is 22.0 Å². The van der Waals surface area contributed by atoms with Crippen molar-refractivity contribution in [1.29, 1.82) is 0 Å². The van der Waals surface area contributed by atoms with E-state index in [1.807, 2.05) is 24.3 Å². The van der Waals surface area contributed by atoms with E-state index in [4.69, 9.17) is 4.74 Å². The molecule has 1 aromatic heterocycles. The predicted octanol–water partition coefficient (Wildman–Crippen LogP) is 3.99. The van der Waals surface area contributed by atoms with E-state index in [1.54, 1.807) is 17.2 Å². The summed E-state index contributed by atoms with van der Waals surface area (Å²) >= 11 is 0. The summed E-state index contributed by atoms with van der Waals surface area (Å²) < 4.78 is 5.48. The number of fused-ring (bicyclic) bond motifs is 3. The molecule has 3 N–H and O–H groups in total. The van der Waals surface area contributed by atoms with Crippen LogP contribution in [-0.2, 0) is 26.2 Å². The Balaban J connectivity index is 1.21. The molecule has 1 saturated heterocycles. The van der Waals surface area contributed by atoms with E-state index >= 15 is 0 Å². The van der Waals surface area contributed by atoms with Gasteiger partial charge in [0.2, 0.25) is 11.8 Å². The van der Waals surface area contributed by atoms with Gasteiger partial charge in [0.05, 0.1) is 11.1 Å². The molecule has 1 saturated carbocycles. The molecule has 200 valence electrons. The number of pyridine rings is 1. The first-order chi connectivity index (χ1) is 18.4. The van der Waals surface area contributed by atoms with Gasteiger partial charge in [-0.2, -0.15) is 0 Å². The molecule has 0 unspecified atom stereocenters. The molecule has 38 heavy (non-hydrogen) atoms. The van der Waals surface area contributed by atoms with Gasteiger partial charge in [-0.05, 0) is 55.6 Å². The third-order valence-electron chi connectivity index (χ3n) is 8.93. The molecular weight excluding hydrogens is 482 g/mol. The zero-order valence-corrected chi connectivity index (χ0v) is 21.8. The zero-order valence-electron chi connectivity index (χ0n) is 21.8. The SMILES string of the molecule is C[C@H]1CC[C@H]([C@H](NC(=O)N2CCc3ccccc32)C(=O)Nc2cc3c(cn2)C2(CCOCC2)C(=O)N3)CC1. The number of carbonyl (C=O) groups is 3. The molecule has 0 radical (unpaired) electrons. The van der Waals surface area contributed by atoms with Crippen molar-refractivity contribution < 1.29 is 19.1 Å². The van der Waals surface area contributed by atoms with Gasteiger partial charge in [0.25, 0.3) is 0 Å². The van der Waals surface area contributed by atoms with Crippen molar-refractivity contribution in [1.82, 2.24) is 10.3 Å². The normalized spacial score (nSPS) is 24.3. The average Bonchev–Trinajstić information content (AvgIpc) is 3.47. The lowest BCUT2D eigenvalue weighted by Crippen LogP contribution is -2.53. The maximum absolute atomic E-state index is 13.7. The van der Waals surface area contributed by atoms with Gasteiger partial charge in [-0.3, -0.25) is 14.5 Å². The smallest absolute Gasteiger partial charge is 0.322 e. The summed E-state index contributed by atoms with van der Waals surface area (Å²) in [5.74, 6) is 0.729. The number of rotatable bonds is 4. The number of nitrogens with one attached hydrogen (secondary N) is 3. The van der Waals surface area contributed by atoms with E-state index in [1.165, 1.54) is 0 Å². The number of benzene rings is 1. The minimum Gasteiger partial charge on any atom is -0.381 e. The Bertz CT molecular complexity index is 1250. The molecule has 2 fully saturated rings. The molecule has 2 aromatic rings. The van der Waals surface area contributed by atoms with E-state index in [0.717, 1.165) is 48.9 Å². The van der Waals surface area contributed by atoms with E-state index in [2.05, 4.69) is 27.9 Å². The van der Waals surface area contributed by atoms with Gasteiger partial charge >= 0.3 is 6.03 Å². The van der Waals surface area contributed by atoms with Gasteiger partial charge in [0.15, 0.2) is 0 Å². The second-order valence-electron chi connectivity index (χ2n) is 11.2. The number of nitrogens with zero attached hydrogens (tertiary/aromatic N) is 2. The van der Waals surface area contributed by atoms with Crippen LogP contribution in [0.5, 0.6) is 0 Å². The average molecular weight is 518 g/mol. The first-order valence-electron chi connectivity index (χ1n) is 13.8. The number of aromatic nitrogens is 1. The standard InChI is InChI=1S/C29H35N5O4/c1-18-6-8-20(9-7-18)25(33-28(37)34-13-10-19-4-2-3-5-23(19)34)26(35)32-24-16-22-21(17-30-24)29(27(36)31-22)11-14-38-15-12-29/h2-5,16-18,20,25H,6-15H2,1H3,(H,31,36)(H,33,37)(H,30,32,35)/t18-,20-,25-/m0/s1. The summed E-state index contributed by atoms with van der Waals surface area (Å²) in [6.45, 7) is 3.90. The second kappa shape index (κ2) is 10.0. The van der Waals surface area contributed by atoms with Gasteiger partial charge in [-0.25, -0.2) is 9.78 Å². The zero-order chi connectivity index (χ0) is 26.3. The fourth-order valence-corrected chi connectivity index (χ4v) is 6.57. The van der Waals surface area contributed by atoms with Crippen LogP contribution in [0.15, 0.2) is 36.5 Å². The Labute approximate surface area is 222 Å². The van der Waals surface area contributed by atoms with E-state index in [-0.39, 0.29) is 23.8 Å². The number of hydrogen-bond acceptors (Lipinski definition) is 5. The molecule has 1 aromatic carbocycles. The fourth-order valence-electron chi connectivity index (χ4n) is 6.57. The van der Waals surface area contributed by atoms with Crippen molar-refractivity contribution in [3.8, 4) is 0 Å². The molecule has 4 aliphatic rings. The highest BCUT2D eigenvalue weighted by atomic mass is 16.5. The van der Waals surface area contributed by atoms with Crippen LogP contribution in [0.1, 0.15) is 56.6 Å². The third-order valence-corrected chi connectivity index (χ3v) is 8.93. The lowest BCUT2D eigenvalue weighted by molar-refractivity contribution is -0.124. The minimum atomic E-state index is -0.672. The minimum absolute atomic E-state index is 0.0339. The van der Waals surface area contributed by atoms with Crippen LogP contribution in [0, 0.1) is 11.8 Å². The summed E-state index contributed by atoms with van der Waals surface area (Å²) in [6, 6.07) is 8.72. The van der Waals surface area contributed by atoms with Crippen molar-refractivity contribution in [2.24, 2.45) is 11.8 Å². The lowest BCUT2D eigenvalue weighted by Gasteiger charge is -2.33. The van der Waals surface area contributed by atoms with Crippen LogP contribution in [0.25, 0.3) is 0 Å².